The van der Waals surface area contributed by atoms with E-state index in [9.17, 15) is 15.0 Å². The summed E-state index contributed by atoms with van der Waals surface area (Å²) in [6.45, 7) is 3.18. The maximum absolute atomic E-state index is 11.6. The van der Waals surface area contributed by atoms with Crippen molar-refractivity contribution in [3.63, 3.8) is 0 Å². The largest absolute Gasteiger partial charge is 0.393 e. The minimum atomic E-state index is -1.14. The molecular weight excluding hydrogens is 196 g/mol. The van der Waals surface area contributed by atoms with Crippen molar-refractivity contribution < 1.29 is 19.7 Å². The monoisotopic (exact) mass is 208 g/mol. The van der Waals surface area contributed by atoms with Gasteiger partial charge in [-0.05, 0) is 17.7 Å². The second-order valence-electron chi connectivity index (χ2n) is 3.65. The van der Waals surface area contributed by atoms with Gasteiger partial charge >= 0.3 is 0 Å². The van der Waals surface area contributed by atoms with Gasteiger partial charge in [-0.15, -0.1) is 0 Å². The van der Waals surface area contributed by atoms with Crippen molar-refractivity contribution in [1.82, 2.24) is 0 Å². The van der Waals surface area contributed by atoms with Crippen LogP contribution in [0.2, 0.25) is 0 Å². The zero-order valence-electron chi connectivity index (χ0n) is 8.09. The zero-order valence-corrected chi connectivity index (χ0v) is 8.09. The number of aliphatic hydroxyl groups excluding tert-OH is 2. The van der Waals surface area contributed by atoms with Gasteiger partial charge in [-0.25, -0.2) is 0 Å². The fraction of sp³-hybridized carbons (Fsp3) is 0.364. The number of carbonyl (C=O) groups is 1. The summed E-state index contributed by atoms with van der Waals surface area (Å²) in [5.74, 6) is -0.774. The lowest BCUT2D eigenvalue weighted by Gasteiger charge is -2.22. The van der Waals surface area contributed by atoms with E-state index < -0.39 is 17.8 Å². The first-order chi connectivity index (χ1) is 7.14. The summed E-state index contributed by atoms with van der Waals surface area (Å²) in [6.07, 6.45) is 4.78. The Kier molecular flexibility index (Phi) is 2.34. The highest BCUT2D eigenvalue weighted by molar-refractivity contribution is 5.98. The summed E-state index contributed by atoms with van der Waals surface area (Å²) in [6, 6.07) is 0. The molecule has 1 heterocycles. The van der Waals surface area contributed by atoms with E-state index in [1.165, 1.54) is 18.2 Å². The van der Waals surface area contributed by atoms with E-state index in [-0.39, 0.29) is 12.4 Å². The van der Waals surface area contributed by atoms with Crippen LogP contribution in [-0.2, 0) is 9.53 Å². The van der Waals surface area contributed by atoms with E-state index in [4.69, 9.17) is 4.74 Å². The van der Waals surface area contributed by atoms with Gasteiger partial charge in [0.1, 0.15) is 5.60 Å². The van der Waals surface area contributed by atoms with E-state index in [1.54, 1.807) is 6.08 Å². The van der Waals surface area contributed by atoms with Crippen LogP contribution < -0.4 is 0 Å². The Bertz CT molecular complexity index is 369. The SMILES string of the molecule is C=C/C=C1/[C@H](O)O[C@]2(CO)C=CC(=O)[C@H]12. The smallest absolute Gasteiger partial charge is 0.179 e. The van der Waals surface area contributed by atoms with Gasteiger partial charge < -0.3 is 14.9 Å². The second kappa shape index (κ2) is 3.41. The normalized spacial score (nSPS) is 41.2. The number of allylic oxidation sites excluding steroid dienone is 3. The zero-order chi connectivity index (χ0) is 11.1. The molecule has 4 nitrogen and oxygen atoms in total. The molecule has 2 aliphatic rings. The Hall–Kier alpha value is -1.23. The highest BCUT2D eigenvalue weighted by atomic mass is 16.6. The van der Waals surface area contributed by atoms with Crippen molar-refractivity contribution >= 4 is 5.78 Å². The first-order valence-electron chi connectivity index (χ1n) is 4.67. The first-order valence-corrected chi connectivity index (χ1v) is 4.67. The molecule has 0 aromatic heterocycles. The molecule has 80 valence electrons. The molecule has 15 heavy (non-hydrogen) atoms. The third-order valence-corrected chi connectivity index (χ3v) is 2.81. The summed E-state index contributed by atoms with van der Waals surface area (Å²) in [5, 5.41) is 18.9. The molecule has 0 radical (unpaired) electrons. The minimum Gasteiger partial charge on any atom is -0.393 e. The molecule has 1 aliphatic carbocycles. The standard InChI is InChI=1S/C11H12O4/c1-2-3-7-9-8(13)4-5-11(9,6-12)15-10(7)14/h2-5,9-10,12,14H,1,6H2/b7-3+/t9-,10+,11-/m0/s1. The topological polar surface area (TPSA) is 66.8 Å². The van der Waals surface area contributed by atoms with E-state index in [2.05, 4.69) is 6.58 Å². The Morgan fingerprint density at radius 2 is 2.40 bits per heavy atom. The fourth-order valence-corrected chi connectivity index (χ4v) is 2.12. The molecule has 4 heteroatoms. The maximum Gasteiger partial charge on any atom is 0.179 e. The number of hydrogen-bond acceptors (Lipinski definition) is 4. The van der Waals surface area contributed by atoms with Crippen LogP contribution in [0.25, 0.3) is 0 Å². The van der Waals surface area contributed by atoms with Gasteiger partial charge in [-0.2, -0.15) is 0 Å². The highest BCUT2D eigenvalue weighted by Crippen LogP contribution is 2.44. The minimum absolute atomic E-state index is 0.159. The molecule has 0 amide bonds. The number of ether oxygens (including phenoxy) is 1. The quantitative estimate of drug-likeness (QED) is 0.666. The Morgan fingerprint density at radius 3 is 3.00 bits per heavy atom. The van der Waals surface area contributed by atoms with Crippen LogP contribution in [0.1, 0.15) is 0 Å². The van der Waals surface area contributed by atoms with Crippen LogP contribution in [0.5, 0.6) is 0 Å². The van der Waals surface area contributed by atoms with E-state index >= 15 is 0 Å². The molecular formula is C11H12O4. The van der Waals surface area contributed by atoms with Crippen molar-refractivity contribution in [1.29, 1.82) is 0 Å². The first kappa shape index (κ1) is 10.3. The summed E-state index contributed by atoms with van der Waals surface area (Å²) in [7, 11) is 0. The van der Waals surface area contributed by atoms with Gasteiger partial charge in [0.05, 0.1) is 12.5 Å². The van der Waals surface area contributed by atoms with Crippen LogP contribution in [0.3, 0.4) is 0 Å². The second-order valence-corrected chi connectivity index (χ2v) is 3.65. The van der Waals surface area contributed by atoms with Gasteiger partial charge in [0, 0.05) is 0 Å². The lowest BCUT2D eigenvalue weighted by Crippen LogP contribution is -2.37. The average Bonchev–Trinajstić information content (AvgIpc) is 2.67. The molecule has 1 aliphatic heterocycles. The number of carbonyl (C=O) groups excluding carboxylic acids is 1. The van der Waals surface area contributed by atoms with Gasteiger partial charge in [0.15, 0.2) is 12.1 Å². The highest BCUT2D eigenvalue weighted by Gasteiger charge is 2.55. The molecule has 1 saturated heterocycles. The average molecular weight is 208 g/mol. The maximum atomic E-state index is 11.6. The summed E-state index contributed by atoms with van der Waals surface area (Å²) >= 11 is 0. The van der Waals surface area contributed by atoms with Crippen LogP contribution in [0.15, 0.2) is 36.5 Å². The molecule has 2 N–H and O–H groups in total. The molecule has 0 unspecified atom stereocenters. The molecule has 3 atom stereocenters. The van der Waals surface area contributed by atoms with Crippen LogP contribution in [0, 0.1) is 5.92 Å². The molecule has 0 aromatic carbocycles. The van der Waals surface area contributed by atoms with Crippen LogP contribution >= 0.6 is 0 Å². The molecule has 0 saturated carbocycles. The fourth-order valence-electron chi connectivity index (χ4n) is 2.12. The summed E-state index contributed by atoms with van der Waals surface area (Å²) in [4.78, 5) is 11.6. The molecule has 0 bridgehead atoms. The van der Waals surface area contributed by atoms with Crippen LogP contribution in [0.4, 0.5) is 0 Å². The van der Waals surface area contributed by atoms with Crippen LogP contribution in [-0.4, -0.2) is 34.5 Å². The van der Waals surface area contributed by atoms with Crippen molar-refractivity contribution in [2.45, 2.75) is 11.9 Å². The van der Waals surface area contributed by atoms with Gasteiger partial charge in [0.25, 0.3) is 0 Å². The number of rotatable bonds is 2. The van der Waals surface area contributed by atoms with Gasteiger partial charge in [-0.1, -0.05) is 18.7 Å². The summed E-state index contributed by atoms with van der Waals surface area (Å²) in [5.41, 5.74) is -0.625. The molecule has 0 aromatic rings. The lowest BCUT2D eigenvalue weighted by molar-refractivity contribution is -0.136. The van der Waals surface area contributed by atoms with Crippen molar-refractivity contribution in [2.24, 2.45) is 5.92 Å². The third-order valence-electron chi connectivity index (χ3n) is 2.81. The van der Waals surface area contributed by atoms with E-state index in [0.717, 1.165) is 0 Å². The molecule has 0 spiro atoms. The summed E-state index contributed by atoms with van der Waals surface area (Å²) < 4.78 is 5.24. The van der Waals surface area contributed by atoms with E-state index in [0.29, 0.717) is 5.57 Å². The third kappa shape index (κ3) is 1.30. The van der Waals surface area contributed by atoms with Gasteiger partial charge in [0.2, 0.25) is 0 Å². The predicted molar refractivity (Wildman–Crippen MR) is 52.8 cm³/mol. The Labute approximate surface area is 87.2 Å². The van der Waals surface area contributed by atoms with Crippen molar-refractivity contribution in [3.8, 4) is 0 Å². The van der Waals surface area contributed by atoms with Crippen molar-refractivity contribution in [3.05, 3.63) is 36.5 Å². The Morgan fingerprint density at radius 1 is 1.67 bits per heavy atom. The molecule has 1 fully saturated rings. The number of ketones is 1. The predicted octanol–water partition coefficient (Wildman–Crippen LogP) is -0.0664. The lowest BCUT2D eigenvalue weighted by atomic mass is 9.86. The number of aliphatic hydroxyl groups is 2. The van der Waals surface area contributed by atoms with Crippen molar-refractivity contribution in [2.75, 3.05) is 6.61 Å². The number of hydrogen-bond donors (Lipinski definition) is 2. The van der Waals surface area contributed by atoms with E-state index in [1.807, 2.05) is 0 Å². The Balaban J connectivity index is 2.45. The number of fused-ring (bicyclic) bond motifs is 1. The van der Waals surface area contributed by atoms with Gasteiger partial charge in [-0.3, -0.25) is 4.79 Å². The molecule has 2 rings (SSSR count).